The predicted octanol–water partition coefficient (Wildman–Crippen LogP) is 1.79. The van der Waals surface area contributed by atoms with Crippen LogP contribution >= 0.6 is 11.6 Å². The van der Waals surface area contributed by atoms with Gasteiger partial charge in [-0.25, -0.2) is 0 Å². The molecule has 0 radical (unpaired) electrons. The molecule has 1 atom stereocenters. The summed E-state index contributed by atoms with van der Waals surface area (Å²) in [5, 5.41) is 10.1. The van der Waals surface area contributed by atoms with Gasteiger partial charge in [0, 0.05) is 24.7 Å². The maximum absolute atomic E-state index is 9.35. The second-order valence-electron chi connectivity index (χ2n) is 4.05. The van der Waals surface area contributed by atoms with Gasteiger partial charge in [0.1, 0.15) is 12.4 Å². The number of aliphatic hydroxyl groups excluding tert-OH is 1. The number of aliphatic hydroxyl groups is 1. The Balaban J connectivity index is 1.70. The molecule has 3 nitrogen and oxygen atoms in total. The molecular formula is C12H16ClNO2. The number of β-amino-alcohol motifs (C(OH)–C–C–N with tert-alkyl or cyclic N) is 1. The summed E-state index contributed by atoms with van der Waals surface area (Å²) in [5.41, 5.74) is 0. The molecule has 1 aliphatic rings. The number of hydrogen-bond acceptors (Lipinski definition) is 3. The third-order valence-electron chi connectivity index (χ3n) is 2.74. The summed E-state index contributed by atoms with van der Waals surface area (Å²) in [4.78, 5) is 2.21. The van der Waals surface area contributed by atoms with E-state index in [0.29, 0.717) is 6.61 Å². The first kappa shape index (κ1) is 11.7. The van der Waals surface area contributed by atoms with Crippen LogP contribution in [0.5, 0.6) is 5.75 Å². The topological polar surface area (TPSA) is 32.7 Å². The van der Waals surface area contributed by atoms with Crippen LogP contribution in [-0.4, -0.2) is 42.4 Å². The molecule has 0 saturated carbocycles. The summed E-state index contributed by atoms with van der Waals surface area (Å²) in [7, 11) is 0. The Labute approximate surface area is 101 Å². The molecule has 1 aromatic rings. The Morgan fingerprint density at radius 3 is 2.75 bits per heavy atom. The normalized spacial score (nSPS) is 21.2. The molecule has 1 aliphatic heterocycles. The summed E-state index contributed by atoms with van der Waals surface area (Å²) in [6, 6.07) is 7.36. The van der Waals surface area contributed by atoms with Gasteiger partial charge in [0.15, 0.2) is 0 Å². The molecule has 0 amide bonds. The van der Waals surface area contributed by atoms with Crippen molar-refractivity contribution in [3.05, 3.63) is 29.3 Å². The highest BCUT2D eigenvalue weighted by atomic mass is 35.5. The van der Waals surface area contributed by atoms with Gasteiger partial charge in [-0.2, -0.15) is 0 Å². The molecule has 2 rings (SSSR count). The Bertz CT molecular complexity index is 328. The van der Waals surface area contributed by atoms with E-state index in [4.69, 9.17) is 16.3 Å². The zero-order valence-electron chi connectivity index (χ0n) is 9.10. The summed E-state index contributed by atoms with van der Waals surface area (Å²) >= 11 is 5.77. The molecule has 0 bridgehead atoms. The molecule has 0 unspecified atom stereocenters. The van der Waals surface area contributed by atoms with Crippen molar-refractivity contribution in [1.29, 1.82) is 0 Å². The minimum Gasteiger partial charge on any atom is -0.492 e. The van der Waals surface area contributed by atoms with Gasteiger partial charge < -0.3 is 9.84 Å². The molecule has 1 fully saturated rings. The van der Waals surface area contributed by atoms with Gasteiger partial charge in [-0.1, -0.05) is 11.6 Å². The fourth-order valence-corrected chi connectivity index (χ4v) is 1.96. The van der Waals surface area contributed by atoms with Crippen LogP contribution in [0.15, 0.2) is 24.3 Å². The fraction of sp³-hybridized carbons (Fsp3) is 0.500. The second kappa shape index (κ2) is 5.53. The number of nitrogens with zero attached hydrogens (tertiary/aromatic N) is 1. The van der Waals surface area contributed by atoms with E-state index >= 15 is 0 Å². The lowest BCUT2D eigenvalue weighted by atomic mass is 10.3. The van der Waals surface area contributed by atoms with Crippen molar-refractivity contribution in [3.63, 3.8) is 0 Å². The van der Waals surface area contributed by atoms with Gasteiger partial charge >= 0.3 is 0 Å². The van der Waals surface area contributed by atoms with Crippen LogP contribution in [-0.2, 0) is 0 Å². The van der Waals surface area contributed by atoms with Crippen LogP contribution in [0.1, 0.15) is 6.42 Å². The van der Waals surface area contributed by atoms with E-state index in [1.165, 1.54) is 0 Å². The minimum atomic E-state index is -0.157. The van der Waals surface area contributed by atoms with Gasteiger partial charge in [0.05, 0.1) is 6.10 Å². The summed E-state index contributed by atoms with van der Waals surface area (Å²) in [5.74, 6) is 0.837. The van der Waals surface area contributed by atoms with Crippen LogP contribution in [0.25, 0.3) is 0 Å². The maximum atomic E-state index is 9.35. The van der Waals surface area contributed by atoms with Crippen molar-refractivity contribution in [2.24, 2.45) is 0 Å². The Kier molecular flexibility index (Phi) is 4.04. The molecule has 1 saturated heterocycles. The van der Waals surface area contributed by atoms with Crippen LogP contribution in [0.4, 0.5) is 0 Å². The zero-order chi connectivity index (χ0) is 11.4. The fourth-order valence-electron chi connectivity index (χ4n) is 1.84. The van der Waals surface area contributed by atoms with E-state index in [9.17, 15) is 5.11 Å². The average molecular weight is 242 g/mol. The van der Waals surface area contributed by atoms with Crippen molar-refractivity contribution >= 4 is 11.6 Å². The number of rotatable bonds is 4. The molecule has 1 N–H and O–H groups in total. The smallest absolute Gasteiger partial charge is 0.119 e. The number of ether oxygens (including phenoxy) is 1. The van der Waals surface area contributed by atoms with Gasteiger partial charge in [-0.15, -0.1) is 0 Å². The Morgan fingerprint density at radius 2 is 2.12 bits per heavy atom. The zero-order valence-corrected chi connectivity index (χ0v) is 9.86. The molecule has 16 heavy (non-hydrogen) atoms. The van der Waals surface area contributed by atoms with Gasteiger partial charge in [-0.3, -0.25) is 4.90 Å². The molecule has 0 spiro atoms. The highest BCUT2D eigenvalue weighted by molar-refractivity contribution is 6.30. The van der Waals surface area contributed by atoms with Crippen molar-refractivity contribution in [2.45, 2.75) is 12.5 Å². The highest BCUT2D eigenvalue weighted by Gasteiger charge is 2.19. The van der Waals surface area contributed by atoms with Crippen molar-refractivity contribution in [2.75, 3.05) is 26.2 Å². The Hall–Kier alpha value is -0.770. The largest absolute Gasteiger partial charge is 0.492 e. The van der Waals surface area contributed by atoms with E-state index in [1.54, 1.807) is 0 Å². The summed E-state index contributed by atoms with van der Waals surface area (Å²) in [6.45, 7) is 3.24. The highest BCUT2D eigenvalue weighted by Crippen LogP contribution is 2.15. The van der Waals surface area contributed by atoms with Crippen LogP contribution in [0.2, 0.25) is 5.02 Å². The number of halogens is 1. The van der Waals surface area contributed by atoms with Crippen LogP contribution in [0, 0.1) is 0 Å². The van der Waals surface area contributed by atoms with Crippen molar-refractivity contribution < 1.29 is 9.84 Å². The van der Waals surface area contributed by atoms with Gasteiger partial charge in [-0.05, 0) is 30.7 Å². The van der Waals surface area contributed by atoms with E-state index in [-0.39, 0.29) is 6.10 Å². The first-order valence-electron chi connectivity index (χ1n) is 5.53. The lowest BCUT2D eigenvalue weighted by Crippen LogP contribution is -2.27. The monoisotopic (exact) mass is 241 g/mol. The standard InChI is InChI=1S/C12H16ClNO2/c13-10-1-3-12(4-2-10)16-8-7-14-6-5-11(15)9-14/h1-4,11,15H,5-9H2/t11-/m1/s1. The third kappa shape index (κ3) is 3.37. The van der Waals surface area contributed by atoms with E-state index in [2.05, 4.69) is 4.90 Å². The number of benzene rings is 1. The van der Waals surface area contributed by atoms with E-state index < -0.39 is 0 Å². The summed E-state index contributed by atoms with van der Waals surface area (Å²) in [6.07, 6.45) is 0.719. The molecule has 0 aliphatic carbocycles. The molecule has 88 valence electrons. The van der Waals surface area contributed by atoms with Gasteiger partial charge in [0.25, 0.3) is 0 Å². The number of hydrogen-bond donors (Lipinski definition) is 1. The first-order valence-corrected chi connectivity index (χ1v) is 5.90. The molecule has 0 aromatic heterocycles. The maximum Gasteiger partial charge on any atom is 0.119 e. The molecular weight excluding hydrogens is 226 g/mol. The van der Waals surface area contributed by atoms with E-state index in [0.717, 1.165) is 36.8 Å². The molecule has 1 heterocycles. The average Bonchev–Trinajstić information content (AvgIpc) is 2.67. The van der Waals surface area contributed by atoms with Gasteiger partial charge in [0.2, 0.25) is 0 Å². The quantitative estimate of drug-likeness (QED) is 0.873. The van der Waals surface area contributed by atoms with Crippen LogP contribution < -0.4 is 4.74 Å². The predicted molar refractivity (Wildman–Crippen MR) is 64.0 cm³/mol. The molecule has 1 aromatic carbocycles. The Morgan fingerprint density at radius 1 is 1.38 bits per heavy atom. The number of likely N-dealkylation sites (tertiary alicyclic amines) is 1. The summed E-state index contributed by atoms with van der Waals surface area (Å²) < 4.78 is 5.58. The second-order valence-corrected chi connectivity index (χ2v) is 4.48. The SMILES string of the molecule is O[C@@H]1CCN(CCOc2ccc(Cl)cc2)C1. The van der Waals surface area contributed by atoms with Crippen LogP contribution in [0.3, 0.4) is 0 Å². The lowest BCUT2D eigenvalue weighted by Gasteiger charge is -2.15. The minimum absolute atomic E-state index is 0.157. The van der Waals surface area contributed by atoms with Crippen molar-refractivity contribution in [1.82, 2.24) is 4.90 Å². The van der Waals surface area contributed by atoms with E-state index in [1.807, 2.05) is 24.3 Å². The third-order valence-corrected chi connectivity index (χ3v) is 2.99. The first-order chi connectivity index (χ1) is 7.74. The van der Waals surface area contributed by atoms with Crippen molar-refractivity contribution in [3.8, 4) is 5.75 Å². The molecule has 4 heteroatoms. The lowest BCUT2D eigenvalue weighted by molar-refractivity contribution is 0.167.